The van der Waals surface area contributed by atoms with Gasteiger partial charge in [-0.2, -0.15) is 10.9 Å². The molecule has 66 heavy (non-hydrogen) atoms. The monoisotopic (exact) mass is 920 g/mol. The van der Waals surface area contributed by atoms with Crippen LogP contribution in [0.15, 0.2) is 83.9 Å². The summed E-state index contributed by atoms with van der Waals surface area (Å²) in [5, 5.41) is 26.3. The smallest absolute Gasteiger partial charge is 0.293 e. The third-order valence-electron chi connectivity index (χ3n) is 14.7. The molecule has 16 nitrogen and oxygen atoms in total. The van der Waals surface area contributed by atoms with Gasteiger partial charge in [-0.1, -0.05) is 38.1 Å². The van der Waals surface area contributed by atoms with Crippen LogP contribution in [0, 0.1) is 21.4 Å². The van der Waals surface area contributed by atoms with Gasteiger partial charge in [0, 0.05) is 61.1 Å². The summed E-state index contributed by atoms with van der Waals surface area (Å²) >= 11 is 0. The van der Waals surface area contributed by atoms with E-state index in [1.807, 2.05) is 0 Å². The van der Waals surface area contributed by atoms with Gasteiger partial charge in [-0.15, -0.1) is 0 Å². The van der Waals surface area contributed by atoms with Crippen molar-refractivity contribution in [3.8, 4) is 17.4 Å². The highest BCUT2D eigenvalue weighted by atomic mass is 32.2. The first kappa shape index (κ1) is 45.4. The van der Waals surface area contributed by atoms with Gasteiger partial charge < -0.3 is 29.9 Å². The third kappa shape index (κ3) is 9.30. The number of aromatic nitrogens is 2. The summed E-state index contributed by atoms with van der Waals surface area (Å²) in [6.45, 7) is 9.52. The Morgan fingerprint density at radius 3 is 2.48 bits per heavy atom. The Kier molecular flexibility index (Phi) is 12.5. The molecule has 2 aliphatic carbocycles. The van der Waals surface area contributed by atoms with E-state index in [0.29, 0.717) is 48.4 Å². The quantitative estimate of drug-likeness (QED) is 0.0521. The molecule has 2 aliphatic heterocycles. The lowest BCUT2D eigenvalue weighted by atomic mass is 9.59. The van der Waals surface area contributed by atoms with Crippen LogP contribution in [0.25, 0.3) is 11.0 Å². The average molecular weight is 921 g/mol. The number of nitrogens with zero attached hydrogens (tertiary/aromatic N) is 4. The van der Waals surface area contributed by atoms with E-state index in [0.717, 1.165) is 57.1 Å². The van der Waals surface area contributed by atoms with E-state index < -0.39 is 37.0 Å². The molecule has 9 rings (SSSR count). The number of pyridine rings is 1. The van der Waals surface area contributed by atoms with Crippen molar-refractivity contribution in [3.63, 3.8) is 0 Å². The summed E-state index contributed by atoms with van der Waals surface area (Å²) in [6.07, 6.45) is 11.3. The summed E-state index contributed by atoms with van der Waals surface area (Å²) in [6, 6.07) is 21.9. The van der Waals surface area contributed by atoms with Crippen LogP contribution < -0.4 is 30.4 Å². The first-order chi connectivity index (χ1) is 31.6. The molecule has 2 aromatic heterocycles. The van der Waals surface area contributed by atoms with Gasteiger partial charge in [0.25, 0.3) is 27.5 Å². The topological polar surface area (TPSA) is 218 Å². The van der Waals surface area contributed by atoms with Crippen molar-refractivity contribution in [1.29, 1.82) is 0 Å². The summed E-state index contributed by atoms with van der Waals surface area (Å²) in [5.74, 6) is 5.38. The van der Waals surface area contributed by atoms with Crippen LogP contribution in [0.4, 0.5) is 17.1 Å². The molecule has 2 saturated heterocycles. The second-order valence-electron chi connectivity index (χ2n) is 19.5. The maximum Gasteiger partial charge on any atom is 0.293 e. The zero-order chi connectivity index (χ0) is 46.4. The minimum atomic E-state index is -4.62. The lowest BCUT2D eigenvalue weighted by molar-refractivity contribution is -0.384. The molecule has 0 radical (unpaired) electrons. The van der Waals surface area contributed by atoms with Crippen LogP contribution in [0.5, 0.6) is 17.4 Å². The van der Waals surface area contributed by atoms with Crippen LogP contribution in [0.3, 0.4) is 0 Å². The molecule has 6 N–H and O–H groups in total. The molecule has 0 unspecified atom stereocenters. The molecule has 2 saturated carbocycles. The van der Waals surface area contributed by atoms with Crippen molar-refractivity contribution in [2.24, 2.45) is 17.2 Å². The average Bonchev–Trinajstić information content (AvgIpc) is 3.97. The van der Waals surface area contributed by atoms with Crippen molar-refractivity contribution in [3.05, 3.63) is 106 Å². The SMILES string of the molecule is CC(C)c1ccccc1[C@H]1CCCN1C1CC2(CCN(c3ccc(C(=O)NS(=O)(=O)c4ccc(NC[C@H]5CC[C@](C)(O)CC5)c([N+](=O)[O-])c4)c(Oc4cc5cc[nH]c5nc4ON)c3)CC2)C1. The number of likely N-dealkylation sites (tertiary alicyclic amines) is 1. The molecular weight excluding hydrogens is 861 g/mol. The van der Waals surface area contributed by atoms with E-state index in [1.54, 1.807) is 37.4 Å². The Balaban J connectivity index is 0.918. The number of rotatable bonds is 14. The van der Waals surface area contributed by atoms with Gasteiger partial charge in [0.15, 0.2) is 5.75 Å². The molecule has 17 heteroatoms. The summed E-state index contributed by atoms with van der Waals surface area (Å²) in [5.41, 5.74) is 3.39. The number of anilines is 2. The molecule has 350 valence electrons. The molecule has 3 aromatic carbocycles. The molecular formula is C49H60N8O8S. The highest BCUT2D eigenvalue weighted by Gasteiger charge is 2.50. The van der Waals surface area contributed by atoms with Gasteiger partial charge >= 0.3 is 0 Å². The fraction of sp³-hybridized carbons (Fsp3) is 0.469. The van der Waals surface area contributed by atoms with Gasteiger partial charge in [-0.05, 0) is 142 Å². The number of nitro benzene ring substituents is 1. The number of nitrogens with two attached hydrogens (primary N) is 1. The van der Waals surface area contributed by atoms with Crippen LogP contribution in [-0.4, -0.2) is 77.0 Å². The third-order valence-corrected chi connectivity index (χ3v) is 16.1. The van der Waals surface area contributed by atoms with Crippen LogP contribution in [-0.2, 0) is 10.0 Å². The Morgan fingerprint density at radius 2 is 1.76 bits per heavy atom. The maximum absolute atomic E-state index is 14.1. The first-order valence-corrected chi connectivity index (χ1v) is 24.7. The zero-order valence-corrected chi connectivity index (χ0v) is 38.6. The van der Waals surface area contributed by atoms with Crippen LogP contribution >= 0.6 is 0 Å². The van der Waals surface area contributed by atoms with Gasteiger partial charge in [0.2, 0.25) is 0 Å². The van der Waals surface area contributed by atoms with Crippen LogP contribution in [0.1, 0.15) is 118 Å². The Labute approximate surface area is 385 Å². The lowest BCUT2D eigenvalue weighted by Crippen LogP contribution is -2.54. The van der Waals surface area contributed by atoms with Gasteiger partial charge in [-0.25, -0.2) is 13.1 Å². The van der Waals surface area contributed by atoms with E-state index in [1.165, 1.54) is 55.0 Å². The molecule has 1 atom stereocenters. The number of aliphatic hydroxyl groups is 1. The number of carbonyl (C=O) groups is 1. The highest BCUT2D eigenvalue weighted by molar-refractivity contribution is 7.90. The first-order valence-electron chi connectivity index (χ1n) is 23.2. The minimum absolute atomic E-state index is 0.0377. The van der Waals surface area contributed by atoms with E-state index in [2.05, 4.69) is 67.9 Å². The lowest BCUT2D eigenvalue weighted by Gasteiger charge is -2.56. The molecule has 0 bridgehead atoms. The predicted molar refractivity (Wildman–Crippen MR) is 252 cm³/mol. The zero-order valence-electron chi connectivity index (χ0n) is 37.8. The Bertz CT molecular complexity index is 2710. The maximum atomic E-state index is 14.1. The molecule has 1 amide bonds. The van der Waals surface area contributed by atoms with Crippen molar-refractivity contribution in [1.82, 2.24) is 19.6 Å². The Morgan fingerprint density at radius 1 is 1.00 bits per heavy atom. The number of nitrogens with one attached hydrogen (secondary N) is 3. The standard InChI is InChI=1S/C49H60N8O8S/c1-31(2)37-7-4-5-8-38(37)41-9-6-22-56(41)35-28-49(29-35)19-23-55(24-20-49)34-10-12-39(43(26-34)64-44-25-33-16-21-51-45(33)53-47(44)65-50)46(58)54-66(62,63)36-11-13-40(42(27-36)57(60)61)52-30-32-14-17-48(3,59)18-15-32/h4-5,7-8,10-13,16,21,25-27,31-32,35,41,52,59H,6,9,14-15,17-20,22-24,28-30,50H2,1-3H3,(H,51,53)(H,54,58)/t32-,41-,48-/m1/s1. The molecule has 5 aromatic rings. The number of nitro groups is 1. The Hall–Kier alpha value is -5.75. The van der Waals surface area contributed by atoms with E-state index in [9.17, 15) is 28.4 Å². The summed E-state index contributed by atoms with van der Waals surface area (Å²) < 4.78 is 36.1. The number of amides is 1. The molecule has 1 spiro atoms. The largest absolute Gasteiger partial charge is 0.451 e. The van der Waals surface area contributed by atoms with E-state index in [4.69, 9.17) is 15.5 Å². The van der Waals surface area contributed by atoms with E-state index >= 15 is 0 Å². The van der Waals surface area contributed by atoms with Gasteiger partial charge in [0.1, 0.15) is 17.1 Å². The highest BCUT2D eigenvalue weighted by Crippen LogP contribution is 2.54. The van der Waals surface area contributed by atoms with Crippen LogP contribution in [0.2, 0.25) is 0 Å². The number of sulfonamides is 1. The molecule has 4 aliphatic rings. The number of piperidine rings is 1. The number of hydrogen-bond donors (Lipinski definition) is 5. The second-order valence-corrected chi connectivity index (χ2v) is 21.2. The second kappa shape index (κ2) is 18.1. The molecule has 4 fully saturated rings. The number of ether oxygens (including phenoxy) is 1. The normalized spacial score (nSPS) is 22.4. The van der Waals surface area contributed by atoms with Crippen molar-refractivity contribution in [2.75, 3.05) is 36.4 Å². The number of H-pyrrole nitrogens is 1. The number of hydrogen-bond acceptors (Lipinski definition) is 13. The fourth-order valence-corrected chi connectivity index (χ4v) is 11.9. The number of fused-ring (bicyclic) bond motifs is 1. The summed E-state index contributed by atoms with van der Waals surface area (Å²) in [4.78, 5) is 42.7. The number of carbonyl (C=O) groups excluding carboxylic acids is 1. The minimum Gasteiger partial charge on any atom is -0.451 e. The van der Waals surface area contributed by atoms with Crippen molar-refractivity contribution in [2.45, 2.75) is 113 Å². The van der Waals surface area contributed by atoms with E-state index in [-0.39, 0.29) is 40.0 Å². The predicted octanol–water partition coefficient (Wildman–Crippen LogP) is 8.70. The van der Waals surface area contributed by atoms with Gasteiger partial charge in [0.05, 0.1) is 21.0 Å². The molecule has 4 heterocycles. The number of benzene rings is 3. The number of aromatic amines is 1. The van der Waals surface area contributed by atoms with Crippen molar-refractivity contribution < 1.29 is 32.8 Å². The summed E-state index contributed by atoms with van der Waals surface area (Å²) in [7, 11) is -4.62. The van der Waals surface area contributed by atoms with Crippen molar-refractivity contribution >= 4 is 44.0 Å². The fourth-order valence-electron chi connectivity index (χ4n) is 10.9. The van der Waals surface area contributed by atoms with Gasteiger partial charge in [-0.3, -0.25) is 19.8 Å².